The number of rotatable bonds is 4. The van der Waals surface area contributed by atoms with Crippen molar-refractivity contribution in [2.45, 2.75) is 49.6 Å². The van der Waals surface area contributed by atoms with Crippen LogP contribution in [0.4, 0.5) is 0 Å². The standard InChI is InChI=1S/C14H20N2O4S/c1-9-6-7-10(14(17)18)8-13(9)21(19,20)16-12-5-3-2-4-11(12)15/h6-8,11-12,16H,2-5,15H2,1H3,(H,17,18). The molecule has 1 aliphatic carbocycles. The Kier molecular flexibility index (Phi) is 4.65. The van der Waals surface area contributed by atoms with Crippen LogP contribution in [0.3, 0.4) is 0 Å². The monoisotopic (exact) mass is 312 g/mol. The van der Waals surface area contributed by atoms with Crippen molar-refractivity contribution in [3.8, 4) is 0 Å². The number of nitrogens with two attached hydrogens (primary N) is 1. The van der Waals surface area contributed by atoms with E-state index in [4.69, 9.17) is 10.8 Å². The summed E-state index contributed by atoms with van der Waals surface area (Å²) in [7, 11) is -3.77. The third-order valence-electron chi connectivity index (χ3n) is 3.85. The molecule has 2 rings (SSSR count). The van der Waals surface area contributed by atoms with Crippen molar-refractivity contribution < 1.29 is 18.3 Å². The second kappa shape index (κ2) is 6.13. The first-order valence-corrected chi connectivity index (χ1v) is 8.41. The van der Waals surface area contributed by atoms with E-state index in [1.807, 2.05) is 0 Å². The highest BCUT2D eigenvalue weighted by Crippen LogP contribution is 2.22. The highest BCUT2D eigenvalue weighted by Gasteiger charge is 2.28. The van der Waals surface area contributed by atoms with Gasteiger partial charge in [-0.3, -0.25) is 0 Å². The third kappa shape index (κ3) is 3.61. The first-order valence-electron chi connectivity index (χ1n) is 6.93. The summed E-state index contributed by atoms with van der Waals surface area (Å²) >= 11 is 0. The number of aryl methyl sites for hydroxylation is 1. The lowest BCUT2D eigenvalue weighted by Gasteiger charge is -2.29. The third-order valence-corrected chi connectivity index (χ3v) is 5.48. The molecule has 0 aliphatic heterocycles. The van der Waals surface area contributed by atoms with Crippen LogP contribution in [0.2, 0.25) is 0 Å². The summed E-state index contributed by atoms with van der Waals surface area (Å²) in [4.78, 5) is 11.0. The number of hydrogen-bond donors (Lipinski definition) is 3. The predicted molar refractivity (Wildman–Crippen MR) is 78.7 cm³/mol. The van der Waals surface area contributed by atoms with Crippen LogP contribution in [0.1, 0.15) is 41.6 Å². The average molecular weight is 312 g/mol. The van der Waals surface area contributed by atoms with Gasteiger partial charge in [0, 0.05) is 12.1 Å². The molecule has 2 atom stereocenters. The van der Waals surface area contributed by atoms with Crippen molar-refractivity contribution in [2.24, 2.45) is 5.73 Å². The molecule has 0 saturated heterocycles. The molecule has 1 fully saturated rings. The maximum atomic E-state index is 12.5. The van der Waals surface area contributed by atoms with Gasteiger partial charge in [-0.1, -0.05) is 18.9 Å². The first kappa shape index (κ1) is 15.9. The molecule has 0 aromatic heterocycles. The zero-order chi connectivity index (χ0) is 15.6. The van der Waals surface area contributed by atoms with Crippen LogP contribution in [-0.2, 0) is 10.0 Å². The predicted octanol–water partition coefficient (Wildman–Crippen LogP) is 1.24. The minimum atomic E-state index is -3.77. The Morgan fingerprint density at radius 2 is 2.00 bits per heavy atom. The topological polar surface area (TPSA) is 109 Å². The van der Waals surface area contributed by atoms with Gasteiger partial charge in [-0.15, -0.1) is 0 Å². The van der Waals surface area contributed by atoms with Crippen LogP contribution in [0.5, 0.6) is 0 Å². The smallest absolute Gasteiger partial charge is 0.335 e. The molecule has 116 valence electrons. The maximum Gasteiger partial charge on any atom is 0.335 e. The number of hydrogen-bond acceptors (Lipinski definition) is 4. The number of carboxylic acid groups (broad SMARTS) is 1. The summed E-state index contributed by atoms with van der Waals surface area (Å²) in [5.74, 6) is -1.15. The van der Waals surface area contributed by atoms with E-state index in [0.717, 1.165) is 19.3 Å². The van der Waals surface area contributed by atoms with Gasteiger partial charge in [0.2, 0.25) is 10.0 Å². The first-order chi connectivity index (χ1) is 9.81. The fourth-order valence-electron chi connectivity index (χ4n) is 2.59. The number of carbonyl (C=O) groups is 1. The molecule has 0 heterocycles. The van der Waals surface area contributed by atoms with Crippen molar-refractivity contribution in [1.29, 1.82) is 0 Å². The highest BCUT2D eigenvalue weighted by atomic mass is 32.2. The normalized spacial score (nSPS) is 23.0. The summed E-state index contributed by atoms with van der Waals surface area (Å²) in [6, 6.07) is 3.59. The number of aromatic carboxylic acids is 1. The van der Waals surface area contributed by atoms with Gasteiger partial charge < -0.3 is 10.8 Å². The largest absolute Gasteiger partial charge is 0.478 e. The van der Waals surface area contributed by atoms with E-state index < -0.39 is 16.0 Å². The minimum Gasteiger partial charge on any atom is -0.478 e. The van der Waals surface area contributed by atoms with Gasteiger partial charge in [0.15, 0.2) is 0 Å². The number of nitrogens with one attached hydrogen (secondary N) is 1. The van der Waals surface area contributed by atoms with Crippen molar-refractivity contribution >= 4 is 16.0 Å². The summed E-state index contributed by atoms with van der Waals surface area (Å²) in [6.45, 7) is 1.64. The van der Waals surface area contributed by atoms with Crippen LogP contribution < -0.4 is 10.5 Å². The fraction of sp³-hybridized carbons (Fsp3) is 0.500. The lowest BCUT2D eigenvalue weighted by atomic mass is 9.92. The maximum absolute atomic E-state index is 12.5. The zero-order valence-corrected chi connectivity index (χ0v) is 12.7. The van der Waals surface area contributed by atoms with Gasteiger partial charge in [0.25, 0.3) is 0 Å². The molecule has 21 heavy (non-hydrogen) atoms. The Balaban J connectivity index is 2.30. The van der Waals surface area contributed by atoms with E-state index in [-0.39, 0.29) is 22.5 Å². The van der Waals surface area contributed by atoms with Gasteiger partial charge in [-0.2, -0.15) is 0 Å². The van der Waals surface area contributed by atoms with E-state index in [1.54, 1.807) is 6.92 Å². The molecule has 2 unspecified atom stereocenters. The minimum absolute atomic E-state index is 0.000161. The summed E-state index contributed by atoms with van der Waals surface area (Å²) in [5, 5.41) is 8.99. The van der Waals surface area contributed by atoms with E-state index in [0.29, 0.717) is 12.0 Å². The molecule has 0 radical (unpaired) electrons. The van der Waals surface area contributed by atoms with Crippen molar-refractivity contribution in [2.75, 3.05) is 0 Å². The molecule has 6 nitrogen and oxygen atoms in total. The van der Waals surface area contributed by atoms with Crippen LogP contribution in [0.25, 0.3) is 0 Å². The van der Waals surface area contributed by atoms with E-state index in [9.17, 15) is 13.2 Å². The SMILES string of the molecule is Cc1ccc(C(=O)O)cc1S(=O)(=O)NC1CCCCC1N. The van der Waals surface area contributed by atoms with E-state index >= 15 is 0 Å². The molecular formula is C14H20N2O4S. The average Bonchev–Trinajstić information content (AvgIpc) is 2.41. The quantitative estimate of drug-likeness (QED) is 0.775. The van der Waals surface area contributed by atoms with Gasteiger partial charge in [-0.05, 0) is 37.5 Å². The van der Waals surface area contributed by atoms with Gasteiger partial charge in [0.05, 0.1) is 10.5 Å². The van der Waals surface area contributed by atoms with Crippen molar-refractivity contribution in [3.05, 3.63) is 29.3 Å². The number of sulfonamides is 1. The fourth-order valence-corrected chi connectivity index (χ4v) is 4.18. The van der Waals surface area contributed by atoms with Gasteiger partial charge >= 0.3 is 5.97 Å². The highest BCUT2D eigenvalue weighted by molar-refractivity contribution is 7.89. The van der Waals surface area contributed by atoms with Crippen LogP contribution in [0.15, 0.2) is 23.1 Å². The molecule has 1 aliphatic rings. The summed E-state index contributed by atoms with van der Waals surface area (Å²) < 4.78 is 27.6. The lowest BCUT2D eigenvalue weighted by Crippen LogP contribution is -2.49. The molecule has 1 aromatic rings. The lowest BCUT2D eigenvalue weighted by molar-refractivity contribution is 0.0696. The number of benzene rings is 1. The Morgan fingerprint density at radius 3 is 2.62 bits per heavy atom. The van der Waals surface area contributed by atoms with E-state index in [2.05, 4.69) is 4.72 Å². The molecule has 7 heteroatoms. The summed E-state index contributed by atoms with van der Waals surface area (Å²) in [6.07, 6.45) is 3.45. The Bertz CT molecular complexity index is 642. The molecule has 1 saturated carbocycles. The Morgan fingerprint density at radius 1 is 1.33 bits per heavy atom. The van der Waals surface area contributed by atoms with Gasteiger partial charge in [0.1, 0.15) is 0 Å². The number of carboxylic acids is 1. The molecular weight excluding hydrogens is 292 g/mol. The summed E-state index contributed by atoms with van der Waals surface area (Å²) in [5.41, 5.74) is 6.42. The molecule has 1 aromatic carbocycles. The van der Waals surface area contributed by atoms with Crippen molar-refractivity contribution in [3.63, 3.8) is 0 Å². The molecule has 0 amide bonds. The molecule has 0 bridgehead atoms. The Labute approximate surface area is 124 Å². The second-order valence-electron chi connectivity index (χ2n) is 5.46. The molecule has 4 N–H and O–H groups in total. The van der Waals surface area contributed by atoms with Gasteiger partial charge in [-0.25, -0.2) is 17.9 Å². The van der Waals surface area contributed by atoms with Crippen molar-refractivity contribution in [1.82, 2.24) is 4.72 Å². The second-order valence-corrected chi connectivity index (χ2v) is 7.14. The van der Waals surface area contributed by atoms with Crippen LogP contribution >= 0.6 is 0 Å². The Hall–Kier alpha value is -1.44. The molecule has 0 spiro atoms. The van der Waals surface area contributed by atoms with Crippen LogP contribution in [0, 0.1) is 6.92 Å². The van der Waals surface area contributed by atoms with Crippen LogP contribution in [-0.4, -0.2) is 31.6 Å². The van der Waals surface area contributed by atoms with E-state index in [1.165, 1.54) is 18.2 Å². The zero-order valence-electron chi connectivity index (χ0n) is 11.9.